The summed E-state index contributed by atoms with van der Waals surface area (Å²) in [6, 6.07) is 0. The second-order valence-electron chi connectivity index (χ2n) is 14.2. The average molecular weight is 794 g/mol. The van der Waals surface area contributed by atoms with Crippen LogP contribution in [0.5, 0.6) is 0 Å². The smallest absolute Gasteiger partial charge is 0.462 e. The van der Waals surface area contributed by atoms with Gasteiger partial charge in [0.25, 0.3) is 0 Å². The molecule has 1 unspecified atom stereocenters. The fourth-order valence-electron chi connectivity index (χ4n) is 5.62. The van der Waals surface area contributed by atoms with Crippen molar-refractivity contribution in [1.29, 1.82) is 0 Å². The Bertz CT molecular complexity index is 1090. The van der Waals surface area contributed by atoms with Crippen LogP contribution in [0.1, 0.15) is 181 Å². The molecule has 0 aromatic rings. The number of rotatable bonds is 40. The van der Waals surface area contributed by atoms with Crippen molar-refractivity contribution in [3.63, 3.8) is 0 Å². The number of hydrogen-bond donors (Lipinski definition) is 2. The SMILES string of the molecule is CCC/C=C/C/C=C/C/C=C/C/C=C/CCCCCC(=O)OC[C@H](COP(=O)(O)OCCN)OC(=O)CCCCCCCCC/C=C/CCCCCCCC. The van der Waals surface area contributed by atoms with Crippen molar-refractivity contribution in [3.8, 4) is 0 Å². The number of carbonyl (C=O) groups is 2. The van der Waals surface area contributed by atoms with Gasteiger partial charge in [-0.05, 0) is 77.0 Å². The molecule has 10 heteroatoms. The molecule has 0 rings (SSSR count). The third-order valence-electron chi connectivity index (χ3n) is 8.86. The number of phosphoric acid groups is 1. The average Bonchev–Trinajstić information content (AvgIpc) is 3.17. The Labute approximate surface area is 336 Å². The minimum Gasteiger partial charge on any atom is -0.462 e. The van der Waals surface area contributed by atoms with E-state index in [2.05, 4.69) is 74.6 Å². The van der Waals surface area contributed by atoms with E-state index in [4.69, 9.17) is 24.3 Å². The van der Waals surface area contributed by atoms with Crippen molar-refractivity contribution in [2.75, 3.05) is 26.4 Å². The molecule has 0 bridgehead atoms. The molecule has 0 amide bonds. The van der Waals surface area contributed by atoms with E-state index in [1.165, 1.54) is 70.6 Å². The summed E-state index contributed by atoms with van der Waals surface area (Å²) in [7, 11) is -4.39. The summed E-state index contributed by atoms with van der Waals surface area (Å²) in [5.74, 6) is -0.872. The Kier molecular flexibility index (Phi) is 39.6. The van der Waals surface area contributed by atoms with Crippen LogP contribution in [0, 0.1) is 0 Å². The van der Waals surface area contributed by atoms with Crippen LogP contribution in [0.25, 0.3) is 0 Å². The minimum absolute atomic E-state index is 0.0458. The predicted molar refractivity (Wildman–Crippen MR) is 229 cm³/mol. The fourth-order valence-corrected chi connectivity index (χ4v) is 6.38. The zero-order valence-electron chi connectivity index (χ0n) is 34.9. The number of carbonyl (C=O) groups excluding carboxylic acids is 2. The maximum Gasteiger partial charge on any atom is 0.472 e. The molecule has 0 heterocycles. The molecule has 55 heavy (non-hydrogen) atoms. The first-order valence-electron chi connectivity index (χ1n) is 21.8. The molecule has 0 fully saturated rings. The van der Waals surface area contributed by atoms with Crippen LogP contribution in [0.2, 0.25) is 0 Å². The normalized spacial score (nSPS) is 13.9. The molecule has 0 aliphatic carbocycles. The Morgan fingerprint density at radius 2 is 0.982 bits per heavy atom. The van der Waals surface area contributed by atoms with E-state index in [-0.39, 0.29) is 32.6 Å². The topological polar surface area (TPSA) is 134 Å². The number of hydrogen-bond acceptors (Lipinski definition) is 8. The van der Waals surface area contributed by atoms with Gasteiger partial charge in [-0.3, -0.25) is 18.6 Å². The van der Waals surface area contributed by atoms with Gasteiger partial charge in [0.05, 0.1) is 13.2 Å². The standard InChI is InChI=1S/C45H80NO8P/c1-3-5-7-9-11-13-15-17-19-21-23-25-27-29-31-33-35-37-44(47)51-41-43(42-53-55(49,50)52-40-39-46)54-45(48)38-36-34-32-30-28-26-24-22-20-18-16-14-12-10-8-6-4-2/h7,9,13,15,18-21,25,27,43H,3-6,8,10-12,14,16-17,22-24,26,28-42,46H2,1-2H3,(H,49,50)/b9-7+,15-13+,20-18+,21-19+,27-25+/t43-/m1/s1. The number of esters is 2. The highest BCUT2D eigenvalue weighted by atomic mass is 31.2. The number of nitrogens with two attached hydrogens (primary N) is 1. The van der Waals surface area contributed by atoms with Gasteiger partial charge in [-0.25, -0.2) is 4.57 Å². The Morgan fingerprint density at radius 1 is 0.545 bits per heavy atom. The van der Waals surface area contributed by atoms with Gasteiger partial charge in [-0.1, -0.05) is 152 Å². The van der Waals surface area contributed by atoms with Crippen LogP contribution < -0.4 is 5.73 Å². The highest BCUT2D eigenvalue weighted by molar-refractivity contribution is 7.47. The number of allylic oxidation sites excluding steroid dienone is 10. The van der Waals surface area contributed by atoms with Crippen molar-refractivity contribution >= 4 is 19.8 Å². The first-order chi connectivity index (χ1) is 26.8. The Hall–Kier alpha value is -2.29. The van der Waals surface area contributed by atoms with Crippen LogP contribution in [0.15, 0.2) is 60.8 Å². The molecular formula is C45H80NO8P. The molecule has 0 saturated carbocycles. The zero-order chi connectivity index (χ0) is 40.3. The van der Waals surface area contributed by atoms with Crippen molar-refractivity contribution in [3.05, 3.63) is 60.8 Å². The van der Waals surface area contributed by atoms with Gasteiger partial charge in [-0.15, -0.1) is 0 Å². The number of unbranched alkanes of at least 4 members (excludes halogenated alkanes) is 17. The van der Waals surface area contributed by atoms with E-state index >= 15 is 0 Å². The van der Waals surface area contributed by atoms with Gasteiger partial charge >= 0.3 is 19.8 Å². The quantitative estimate of drug-likeness (QED) is 0.0269. The summed E-state index contributed by atoms with van der Waals surface area (Å²) < 4.78 is 32.7. The van der Waals surface area contributed by atoms with Gasteiger partial charge in [-0.2, -0.15) is 0 Å². The zero-order valence-corrected chi connectivity index (χ0v) is 35.8. The van der Waals surface area contributed by atoms with E-state index in [0.29, 0.717) is 12.8 Å². The number of ether oxygens (including phenoxy) is 2. The molecule has 3 N–H and O–H groups in total. The van der Waals surface area contributed by atoms with E-state index in [0.717, 1.165) is 70.6 Å². The highest BCUT2D eigenvalue weighted by Gasteiger charge is 2.26. The summed E-state index contributed by atoms with van der Waals surface area (Å²) in [6.45, 7) is 3.61. The van der Waals surface area contributed by atoms with Crippen molar-refractivity contribution < 1.29 is 37.6 Å². The molecule has 0 spiro atoms. The van der Waals surface area contributed by atoms with Crippen LogP contribution in [-0.2, 0) is 32.7 Å². The van der Waals surface area contributed by atoms with Crippen molar-refractivity contribution in [2.24, 2.45) is 5.73 Å². The van der Waals surface area contributed by atoms with Crippen LogP contribution in [0.4, 0.5) is 0 Å². The third-order valence-corrected chi connectivity index (χ3v) is 9.84. The Morgan fingerprint density at radius 3 is 1.51 bits per heavy atom. The van der Waals surface area contributed by atoms with E-state index in [1.807, 2.05) is 0 Å². The van der Waals surface area contributed by atoms with E-state index < -0.39 is 32.5 Å². The van der Waals surface area contributed by atoms with Gasteiger partial charge in [0.1, 0.15) is 6.61 Å². The molecule has 318 valence electrons. The first kappa shape index (κ1) is 52.7. The summed E-state index contributed by atoms with van der Waals surface area (Å²) >= 11 is 0. The van der Waals surface area contributed by atoms with Crippen molar-refractivity contribution in [2.45, 2.75) is 187 Å². The van der Waals surface area contributed by atoms with Crippen LogP contribution >= 0.6 is 7.82 Å². The lowest BCUT2D eigenvalue weighted by atomic mass is 10.1. The van der Waals surface area contributed by atoms with E-state index in [1.54, 1.807) is 0 Å². The van der Waals surface area contributed by atoms with Gasteiger partial charge in [0.15, 0.2) is 6.10 Å². The molecule has 0 aromatic carbocycles. The first-order valence-corrected chi connectivity index (χ1v) is 23.3. The van der Waals surface area contributed by atoms with Crippen LogP contribution in [0.3, 0.4) is 0 Å². The Balaban J connectivity index is 4.22. The fraction of sp³-hybridized carbons (Fsp3) is 0.733. The van der Waals surface area contributed by atoms with E-state index in [9.17, 15) is 19.0 Å². The molecule has 0 aliphatic heterocycles. The molecule has 0 aliphatic rings. The lowest BCUT2D eigenvalue weighted by molar-refractivity contribution is -0.161. The maximum absolute atomic E-state index is 12.6. The minimum atomic E-state index is -4.39. The monoisotopic (exact) mass is 794 g/mol. The van der Waals surface area contributed by atoms with Gasteiger partial charge < -0.3 is 20.1 Å². The molecule has 0 radical (unpaired) electrons. The summed E-state index contributed by atoms with van der Waals surface area (Å²) in [5, 5.41) is 0. The maximum atomic E-state index is 12.6. The molecule has 0 saturated heterocycles. The third kappa shape index (κ3) is 41.2. The summed E-state index contributed by atoms with van der Waals surface area (Å²) in [6.07, 6.45) is 48.2. The largest absolute Gasteiger partial charge is 0.472 e. The predicted octanol–water partition coefficient (Wildman–Crippen LogP) is 12.5. The van der Waals surface area contributed by atoms with Gasteiger partial charge in [0, 0.05) is 19.4 Å². The second-order valence-corrected chi connectivity index (χ2v) is 15.7. The molecular weight excluding hydrogens is 713 g/mol. The number of phosphoric ester groups is 1. The second kappa shape index (κ2) is 41.3. The lowest BCUT2D eigenvalue weighted by Gasteiger charge is -2.19. The van der Waals surface area contributed by atoms with Gasteiger partial charge in [0.2, 0.25) is 0 Å². The molecule has 2 atom stereocenters. The highest BCUT2D eigenvalue weighted by Crippen LogP contribution is 2.43. The lowest BCUT2D eigenvalue weighted by Crippen LogP contribution is -2.29. The molecule has 0 aromatic heterocycles. The summed E-state index contributed by atoms with van der Waals surface area (Å²) in [4.78, 5) is 34.9. The molecule has 9 nitrogen and oxygen atoms in total. The summed E-state index contributed by atoms with van der Waals surface area (Å²) in [5.41, 5.74) is 5.34. The van der Waals surface area contributed by atoms with Crippen LogP contribution in [-0.4, -0.2) is 49.3 Å². The van der Waals surface area contributed by atoms with Crippen molar-refractivity contribution in [1.82, 2.24) is 0 Å².